The molecular formula is C14H18FNO3S. The first-order valence-corrected chi connectivity index (χ1v) is 8.45. The summed E-state index contributed by atoms with van der Waals surface area (Å²) in [5.74, 6) is -0.817. The lowest BCUT2D eigenvalue weighted by atomic mass is 9.92. The van der Waals surface area contributed by atoms with E-state index in [1.165, 1.54) is 28.8 Å². The fourth-order valence-electron chi connectivity index (χ4n) is 2.55. The van der Waals surface area contributed by atoms with Gasteiger partial charge in [-0.3, -0.25) is 4.79 Å². The number of Topliss-reactive ketones (excluding diaryl/α,β-unsaturated/α-hetero) is 1. The van der Waals surface area contributed by atoms with Crippen molar-refractivity contribution < 1.29 is 17.6 Å². The van der Waals surface area contributed by atoms with Crippen LogP contribution in [0, 0.1) is 11.7 Å². The third kappa shape index (κ3) is 3.64. The zero-order valence-corrected chi connectivity index (χ0v) is 12.2. The largest absolute Gasteiger partial charge is 0.294 e. The van der Waals surface area contributed by atoms with E-state index >= 15 is 0 Å². The molecular weight excluding hydrogens is 281 g/mol. The lowest BCUT2D eigenvalue weighted by Crippen LogP contribution is -2.39. The minimum absolute atomic E-state index is 0.0365. The van der Waals surface area contributed by atoms with E-state index in [9.17, 15) is 17.6 Å². The molecule has 1 saturated heterocycles. The van der Waals surface area contributed by atoms with Gasteiger partial charge >= 0.3 is 0 Å². The van der Waals surface area contributed by atoms with Gasteiger partial charge in [-0.15, -0.1) is 0 Å². The second kappa shape index (κ2) is 6.01. The van der Waals surface area contributed by atoms with E-state index < -0.39 is 15.8 Å². The Bertz CT molecular complexity index is 600. The van der Waals surface area contributed by atoms with Crippen molar-refractivity contribution in [2.45, 2.75) is 19.3 Å². The maximum Gasteiger partial charge on any atom is 0.211 e. The van der Waals surface area contributed by atoms with Crippen molar-refractivity contribution in [2.24, 2.45) is 5.92 Å². The Hall–Kier alpha value is -1.27. The summed E-state index contributed by atoms with van der Waals surface area (Å²) in [6.45, 7) is 0.849. The van der Waals surface area contributed by atoms with Gasteiger partial charge in [-0.05, 0) is 30.9 Å². The lowest BCUT2D eigenvalue weighted by molar-refractivity contribution is 0.0938. The SMILES string of the molecule is CS(=O)(=O)N1CCCC(CC(=O)c2ccccc2F)C1. The topological polar surface area (TPSA) is 54.5 Å². The van der Waals surface area contributed by atoms with Gasteiger partial charge in [-0.25, -0.2) is 17.1 Å². The predicted molar refractivity (Wildman–Crippen MR) is 74.5 cm³/mol. The van der Waals surface area contributed by atoms with Crippen molar-refractivity contribution in [2.75, 3.05) is 19.3 Å². The van der Waals surface area contributed by atoms with Gasteiger partial charge < -0.3 is 0 Å². The first-order chi connectivity index (χ1) is 9.38. The molecule has 0 N–H and O–H groups in total. The first-order valence-electron chi connectivity index (χ1n) is 6.61. The van der Waals surface area contributed by atoms with Crippen LogP contribution in [0.3, 0.4) is 0 Å². The second-order valence-corrected chi connectivity index (χ2v) is 7.22. The third-order valence-corrected chi connectivity index (χ3v) is 4.87. The maximum atomic E-state index is 13.5. The summed E-state index contributed by atoms with van der Waals surface area (Å²) >= 11 is 0. The monoisotopic (exact) mass is 299 g/mol. The Labute approximate surface area is 118 Å². The normalized spacial score (nSPS) is 20.8. The molecule has 20 heavy (non-hydrogen) atoms. The van der Waals surface area contributed by atoms with E-state index in [0.29, 0.717) is 13.1 Å². The highest BCUT2D eigenvalue weighted by atomic mass is 32.2. The summed E-state index contributed by atoms with van der Waals surface area (Å²) in [5, 5.41) is 0. The van der Waals surface area contributed by atoms with Crippen LogP contribution in [-0.2, 0) is 10.0 Å². The molecule has 0 spiro atoms. The molecule has 0 amide bonds. The third-order valence-electron chi connectivity index (χ3n) is 3.60. The average molecular weight is 299 g/mol. The van der Waals surface area contributed by atoms with Crippen LogP contribution in [0.15, 0.2) is 24.3 Å². The fourth-order valence-corrected chi connectivity index (χ4v) is 3.50. The number of piperidine rings is 1. The summed E-state index contributed by atoms with van der Waals surface area (Å²) < 4.78 is 38.0. The van der Waals surface area contributed by atoms with Gasteiger partial charge in [-0.2, -0.15) is 0 Å². The zero-order chi connectivity index (χ0) is 14.8. The molecule has 1 heterocycles. The number of carbonyl (C=O) groups excluding carboxylic acids is 1. The fraction of sp³-hybridized carbons (Fsp3) is 0.500. The van der Waals surface area contributed by atoms with Crippen molar-refractivity contribution in [1.82, 2.24) is 4.31 Å². The van der Waals surface area contributed by atoms with Gasteiger partial charge in [0.15, 0.2) is 5.78 Å². The molecule has 1 aliphatic rings. The van der Waals surface area contributed by atoms with Crippen LogP contribution in [0.5, 0.6) is 0 Å². The summed E-state index contributed by atoms with van der Waals surface area (Å²) in [6, 6.07) is 5.89. The van der Waals surface area contributed by atoms with Crippen LogP contribution < -0.4 is 0 Å². The maximum absolute atomic E-state index is 13.5. The summed E-state index contributed by atoms with van der Waals surface area (Å²) in [5.41, 5.74) is 0.0870. The molecule has 4 nitrogen and oxygen atoms in total. The van der Waals surface area contributed by atoms with Crippen LogP contribution >= 0.6 is 0 Å². The summed E-state index contributed by atoms with van der Waals surface area (Å²) in [6.07, 6.45) is 2.90. The molecule has 1 unspecified atom stereocenters. The molecule has 0 aliphatic carbocycles. The summed E-state index contributed by atoms with van der Waals surface area (Å²) in [4.78, 5) is 12.1. The van der Waals surface area contributed by atoms with Gasteiger partial charge in [-0.1, -0.05) is 12.1 Å². The van der Waals surface area contributed by atoms with Crippen molar-refractivity contribution in [3.8, 4) is 0 Å². The van der Waals surface area contributed by atoms with Crippen molar-refractivity contribution in [3.63, 3.8) is 0 Å². The van der Waals surface area contributed by atoms with Crippen LogP contribution in [0.4, 0.5) is 4.39 Å². The molecule has 1 aromatic carbocycles. The molecule has 0 aromatic heterocycles. The highest BCUT2D eigenvalue weighted by molar-refractivity contribution is 7.88. The second-order valence-electron chi connectivity index (χ2n) is 5.24. The number of benzene rings is 1. The number of nitrogens with zero attached hydrogens (tertiary/aromatic N) is 1. The Balaban J connectivity index is 2.03. The highest BCUT2D eigenvalue weighted by Crippen LogP contribution is 2.23. The molecule has 110 valence electrons. The van der Waals surface area contributed by atoms with Gasteiger partial charge in [0, 0.05) is 19.5 Å². The smallest absolute Gasteiger partial charge is 0.211 e. The van der Waals surface area contributed by atoms with Crippen LogP contribution in [0.1, 0.15) is 29.6 Å². The van der Waals surface area contributed by atoms with E-state index in [2.05, 4.69) is 0 Å². The number of ketones is 1. The Morgan fingerprint density at radius 2 is 2.10 bits per heavy atom. The Morgan fingerprint density at radius 1 is 1.40 bits per heavy atom. The Kier molecular flexibility index (Phi) is 4.55. The molecule has 6 heteroatoms. The molecule has 1 atom stereocenters. The van der Waals surface area contributed by atoms with E-state index in [0.717, 1.165) is 12.8 Å². The van der Waals surface area contributed by atoms with E-state index in [-0.39, 0.29) is 23.7 Å². The molecule has 1 aromatic rings. The minimum Gasteiger partial charge on any atom is -0.294 e. The number of sulfonamides is 1. The average Bonchev–Trinajstić information content (AvgIpc) is 2.38. The Morgan fingerprint density at radius 3 is 2.75 bits per heavy atom. The summed E-state index contributed by atoms with van der Waals surface area (Å²) in [7, 11) is -3.22. The molecule has 2 rings (SSSR count). The van der Waals surface area contributed by atoms with Gasteiger partial charge in [0.05, 0.1) is 11.8 Å². The number of rotatable bonds is 4. The zero-order valence-electron chi connectivity index (χ0n) is 11.4. The molecule has 0 bridgehead atoms. The standard InChI is InChI=1S/C14H18FNO3S/c1-20(18,19)16-8-4-5-11(10-16)9-14(17)12-6-2-3-7-13(12)15/h2-3,6-7,11H,4-5,8-10H2,1H3. The molecule has 0 radical (unpaired) electrons. The number of halogens is 1. The van der Waals surface area contributed by atoms with Crippen molar-refractivity contribution >= 4 is 15.8 Å². The van der Waals surface area contributed by atoms with E-state index in [1.807, 2.05) is 0 Å². The number of hydrogen-bond donors (Lipinski definition) is 0. The quantitative estimate of drug-likeness (QED) is 0.800. The number of carbonyl (C=O) groups is 1. The van der Waals surface area contributed by atoms with E-state index in [4.69, 9.17) is 0 Å². The van der Waals surface area contributed by atoms with Crippen LogP contribution in [-0.4, -0.2) is 37.9 Å². The van der Waals surface area contributed by atoms with Crippen LogP contribution in [0.25, 0.3) is 0 Å². The molecule has 0 saturated carbocycles. The number of hydrogen-bond acceptors (Lipinski definition) is 3. The van der Waals surface area contributed by atoms with Crippen molar-refractivity contribution in [1.29, 1.82) is 0 Å². The van der Waals surface area contributed by atoms with Crippen LogP contribution in [0.2, 0.25) is 0 Å². The predicted octanol–water partition coefficient (Wildman–Crippen LogP) is 2.07. The van der Waals surface area contributed by atoms with Gasteiger partial charge in [0.25, 0.3) is 0 Å². The van der Waals surface area contributed by atoms with Crippen molar-refractivity contribution in [3.05, 3.63) is 35.6 Å². The lowest BCUT2D eigenvalue weighted by Gasteiger charge is -2.30. The minimum atomic E-state index is -3.22. The molecule has 1 fully saturated rings. The van der Waals surface area contributed by atoms with E-state index in [1.54, 1.807) is 6.07 Å². The van der Waals surface area contributed by atoms with Gasteiger partial charge in [0.2, 0.25) is 10.0 Å². The van der Waals surface area contributed by atoms with Gasteiger partial charge in [0.1, 0.15) is 5.82 Å². The highest BCUT2D eigenvalue weighted by Gasteiger charge is 2.27. The first kappa shape index (κ1) is 15.1. The molecule has 1 aliphatic heterocycles.